The first-order chi connectivity index (χ1) is 10.8. The summed E-state index contributed by atoms with van der Waals surface area (Å²) in [7, 11) is 0. The Morgan fingerprint density at radius 1 is 0.591 bits per heavy atom. The molecule has 2 aromatic rings. The number of hydrogen-bond acceptors (Lipinski definition) is 2. The van der Waals surface area contributed by atoms with E-state index in [1.807, 2.05) is 24.3 Å². The molecule has 2 nitrogen and oxygen atoms in total. The minimum absolute atomic E-state index is 0.740. The van der Waals surface area contributed by atoms with Crippen LogP contribution in [0.3, 0.4) is 0 Å². The van der Waals surface area contributed by atoms with Gasteiger partial charge in [0, 0.05) is 0 Å². The van der Waals surface area contributed by atoms with Gasteiger partial charge < -0.3 is 9.47 Å². The van der Waals surface area contributed by atoms with E-state index in [0.29, 0.717) is 0 Å². The van der Waals surface area contributed by atoms with E-state index in [1.165, 1.54) is 11.1 Å². The van der Waals surface area contributed by atoms with Crippen LogP contribution in [0.4, 0.5) is 0 Å². The van der Waals surface area contributed by atoms with Gasteiger partial charge in [-0.25, -0.2) is 0 Å². The fourth-order valence-electron chi connectivity index (χ4n) is 2.23. The lowest BCUT2D eigenvalue weighted by molar-refractivity contribution is 0.266. The van der Waals surface area contributed by atoms with Gasteiger partial charge in [-0.3, -0.25) is 0 Å². The fourth-order valence-corrected chi connectivity index (χ4v) is 2.23. The van der Waals surface area contributed by atoms with Crippen molar-refractivity contribution >= 4 is 0 Å². The molecule has 0 saturated heterocycles. The first-order valence-electron chi connectivity index (χ1n) is 8.25. The van der Waals surface area contributed by atoms with Crippen molar-refractivity contribution < 1.29 is 9.47 Å². The highest BCUT2D eigenvalue weighted by molar-refractivity contribution is 5.27. The van der Waals surface area contributed by atoms with Crippen LogP contribution >= 0.6 is 0 Å². The van der Waals surface area contributed by atoms with Crippen molar-refractivity contribution in [3.05, 3.63) is 59.7 Å². The van der Waals surface area contributed by atoms with Gasteiger partial charge in [-0.15, -0.1) is 0 Å². The van der Waals surface area contributed by atoms with Gasteiger partial charge in [0.1, 0.15) is 11.5 Å². The van der Waals surface area contributed by atoms with Crippen LogP contribution in [0.1, 0.15) is 37.8 Å². The van der Waals surface area contributed by atoms with Gasteiger partial charge in [-0.1, -0.05) is 38.1 Å². The minimum Gasteiger partial charge on any atom is -0.494 e. The second kappa shape index (κ2) is 9.14. The minimum atomic E-state index is 0.740. The third-order valence-corrected chi connectivity index (χ3v) is 3.74. The molecule has 0 spiro atoms. The molecule has 0 N–H and O–H groups in total. The van der Waals surface area contributed by atoms with Crippen molar-refractivity contribution in [1.29, 1.82) is 0 Å². The van der Waals surface area contributed by atoms with Crippen LogP contribution < -0.4 is 9.47 Å². The van der Waals surface area contributed by atoms with Gasteiger partial charge in [0.2, 0.25) is 0 Å². The molecule has 2 aromatic carbocycles. The zero-order valence-electron chi connectivity index (χ0n) is 13.7. The summed E-state index contributed by atoms with van der Waals surface area (Å²) in [6.45, 7) is 5.80. The number of benzene rings is 2. The van der Waals surface area contributed by atoms with Gasteiger partial charge in [-0.05, 0) is 61.1 Å². The maximum absolute atomic E-state index is 5.73. The third kappa shape index (κ3) is 5.44. The van der Waals surface area contributed by atoms with E-state index >= 15 is 0 Å². The lowest BCUT2D eigenvalue weighted by atomic mass is 10.2. The lowest BCUT2D eigenvalue weighted by Crippen LogP contribution is -2.02. The molecule has 0 aromatic heterocycles. The zero-order valence-corrected chi connectivity index (χ0v) is 13.7. The summed E-state index contributed by atoms with van der Waals surface area (Å²) in [5, 5.41) is 0. The molecule has 2 heteroatoms. The number of aryl methyl sites for hydroxylation is 2. The number of rotatable bonds is 9. The topological polar surface area (TPSA) is 18.5 Å². The van der Waals surface area contributed by atoms with E-state index in [-0.39, 0.29) is 0 Å². The molecule has 2 rings (SSSR count). The van der Waals surface area contributed by atoms with Crippen molar-refractivity contribution in [3.8, 4) is 11.5 Å². The van der Waals surface area contributed by atoms with Crippen LogP contribution in [-0.2, 0) is 12.8 Å². The van der Waals surface area contributed by atoms with E-state index in [1.54, 1.807) is 0 Å². The Morgan fingerprint density at radius 3 is 1.27 bits per heavy atom. The highest BCUT2D eigenvalue weighted by atomic mass is 16.5. The molecule has 0 unspecified atom stereocenters. The summed E-state index contributed by atoms with van der Waals surface area (Å²) in [6, 6.07) is 16.7. The Balaban J connectivity index is 1.58. The lowest BCUT2D eigenvalue weighted by Gasteiger charge is -2.08. The van der Waals surface area contributed by atoms with Crippen molar-refractivity contribution in [2.45, 2.75) is 39.5 Å². The average Bonchev–Trinajstić information content (AvgIpc) is 2.59. The summed E-state index contributed by atoms with van der Waals surface area (Å²) in [6.07, 6.45) is 4.14. The van der Waals surface area contributed by atoms with Crippen LogP contribution in [0.25, 0.3) is 0 Å². The number of unbranched alkanes of at least 4 members (excludes halogenated alkanes) is 1. The zero-order chi connectivity index (χ0) is 15.6. The first-order valence-corrected chi connectivity index (χ1v) is 8.25. The van der Waals surface area contributed by atoms with Crippen molar-refractivity contribution in [2.24, 2.45) is 0 Å². The van der Waals surface area contributed by atoms with E-state index < -0.39 is 0 Å². The predicted molar refractivity (Wildman–Crippen MR) is 91.9 cm³/mol. The molecule has 0 saturated carbocycles. The molecule has 0 radical (unpaired) electrons. The van der Waals surface area contributed by atoms with Crippen LogP contribution in [0.2, 0.25) is 0 Å². The van der Waals surface area contributed by atoms with E-state index in [9.17, 15) is 0 Å². The Hall–Kier alpha value is -1.96. The molecule has 0 aliphatic rings. The molecule has 0 heterocycles. The van der Waals surface area contributed by atoms with Crippen molar-refractivity contribution in [1.82, 2.24) is 0 Å². The van der Waals surface area contributed by atoms with Crippen molar-refractivity contribution in [3.63, 3.8) is 0 Å². The van der Waals surface area contributed by atoms with Crippen LogP contribution in [0.5, 0.6) is 11.5 Å². The maximum atomic E-state index is 5.73. The fraction of sp³-hybridized carbons (Fsp3) is 0.400. The highest BCUT2D eigenvalue weighted by Crippen LogP contribution is 2.14. The summed E-state index contributed by atoms with van der Waals surface area (Å²) in [4.78, 5) is 0. The molecular weight excluding hydrogens is 272 g/mol. The summed E-state index contributed by atoms with van der Waals surface area (Å²) < 4.78 is 11.5. The smallest absolute Gasteiger partial charge is 0.119 e. The molecule has 118 valence electrons. The highest BCUT2D eigenvalue weighted by Gasteiger charge is 1.97. The molecule has 22 heavy (non-hydrogen) atoms. The molecule has 0 fully saturated rings. The molecule has 0 atom stereocenters. The molecule has 0 amide bonds. The Labute approximate surface area is 134 Å². The Morgan fingerprint density at radius 2 is 0.955 bits per heavy atom. The third-order valence-electron chi connectivity index (χ3n) is 3.74. The number of ether oxygens (including phenoxy) is 2. The average molecular weight is 298 g/mol. The van der Waals surface area contributed by atoms with E-state index in [0.717, 1.165) is 50.4 Å². The molecule has 0 aliphatic heterocycles. The van der Waals surface area contributed by atoms with Crippen LogP contribution in [-0.4, -0.2) is 13.2 Å². The Bertz CT molecular complexity index is 477. The number of hydrogen-bond donors (Lipinski definition) is 0. The SMILES string of the molecule is CCc1ccc(OCCCCOc2ccc(CC)cc2)cc1. The predicted octanol–water partition coefficient (Wildman–Crippen LogP) is 5.05. The largest absolute Gasteiger partial charge is 0.494 e. The van der Waals surface area contributed by atoms with Gasteiger partial charge in [-0.2, -0.15) is 0 Å². The second-order valence-electron chi connectivity index (χ2n) is 5.40. The Kier molecular flexibility index (Phi) is 6.82. The van der Waals surface area contributed by atoms with Gasteiger partial charge >= 0.3 is 0 Å². The van der Waals surface area contributed by atoms with Crippen LogP contribution in [0, 0.1) is 0 Å². The monoisotopic (exact) mass is 298 g/mol. The van der Waals surface area contributed by atoms with Gasteiger partial charge in [0.25, 0.3) is 0 Å². The van der Waals surface area contributed by atoms with Crippen molar-refractivity contribution in [2.75, 3.05) is 13.2 Å². The quantitative estimate of drug-likeness (QED) is 0.603. The van der Waals surface area contributed by atoms with Gasteiger partial charge in [0.05, 0.1) is 13.2 Å². The molecular formula is C20H26O2. The standard InChI is InChI=1S/C20H26O2/c1-3-17-7-11-19(12-8-17)21-15-5-6-16-22-20-13-9-18(4-2)10-14-20/h7-14H,3-6,15-16H2,1-2H3. The van der Waals surface area contributed by atoms with E-state index in [4.69, 9.17) is 9.47 Å². The molecule has 0 aliphatic carbocycles. The van der Waals surface area contributed by atoms with E-state index in [2.05, 4.69) is 38.1 Å². The van der Waals surface area contributed by atoms with Crippen LogP contribution in [0.15, 0.2) is 48.5 Å². The summed E-state index contributed by atoms with van der Waals surface area (Å²) in [5.74, 6) is 1.90. The van der Waals surface area contributed by atoms with Gasteiger partial charge in [0.15, 0.2) is 0 Å². The maximum Gasteiger partial charge on any atom is 0.119 e. The first kappa shape index (κ1) is 16.4. The molecule has 0 bridgehead atoms. The second-order valence-corrected chi connectivity index (χ2v) is 5.40. The normalized spacial score (nSPS) is 10.5. The summed E-state index contributed by atoms with van der Waals surface area (Å²) >= 11 is 0. The summed E-state index contributed by atoms with van der Waals surface area (Å²) in [5.41, 5.74) is 2.68.